The fourth-order valence-electron chi connectivity index (χ4n) is 2.58. The highest BCUT2D eigenvalue weighted by Gasteiger charge is 2.15. The predicted molar refractivity (Wildman–Crippen MR) is 101 cm³/mol. The van der Waals surface area contributed by atoms with Crippen LogP contribution in [0, 0.1) is 6.92 Å². The van der Waals surface area contributed by atoms with Crippen LogP contribution < -0.4 is 5.32 Å². The van der Waals surface area contributed by atoms with Crippen molar-refractivity contribution in [1.82, 2.24) is 19.8 Å². The Morgan fingerprint density at radius 1 is 1.32 bits per heavy atom. The summed E-state index contributed by atoms with van der Waals surface area (Å²) in [4.78, 5) is 19.4. The van der Waals surface area contributed by atoms with E-state index in [9.17, 15) is 4.79 Å². The predicted octanol–water partition coefficient (Wildman–Crippen LogP) is 4.14. The van der Waals surface area contributed by atoms with Crippen molar-refractivity contribution >= 4 is 17.4 Å². The van der Waals surface area contributed by atoms with Crippen LogP contribution >= 0.6 is 11.3 Å². The summed E-state index contributed by atoms with van der Waals surface area (Å²) in [5.74, 6) is 0. The normalized spacial score (nSPS) is 12.0. The van der Waals surface area contributed by atoms with Crippen LogP contribution in [0.5, 0.6) is 0 Å². The molecule has 0 bridgehead atoms. The standard InChI is InChI=1S/C19H22N4OS/c1-14-8-11-25-18(14)12-22(3)19(24)21-15(2)16-4-6-17(7-5-16)23-10-9-20-13-23/h4-11,13,15H,12H2,1-3H3,(H,21,24)/t15-/m0/s1. The molecule has 0 spiro atoms. The molecule has 25 heavy (non-hydrogen) atoms. The van der Waals surface area contributed by atoms with E-state index in [1.807, 2.05) is 49.0 Å². The molecule has 2 aromatic heterocycles. The van der Waals surface area contributed by atoms with E-state index in [-0.39, 0.29) is 12.1 Å². The van der Waals surface area contributed by atoms with Gasteiger partial charge in [0.2, 0.25) is 0 Å². The fraction of sp³-hybridized carbons (Fsp3) is 0.263. The number of thiophene rings is 1. The van der Waals surface area contributed by atoms with Crippen molar-refractivity contribution in [3.63, 3.8) is 0 Å². The Bertz CT molecular complexity index is 823. The maximum Gasteiger partial charge on any atom is 0.317 e. The van der Waals surface area contributed by atoms with Gasteiger partial charge in [0.15, 0.2) is 0 Å². The number of urea groups is 1. The number of nitrogens with one attached hydrogen (secondary N) is 1. The minimum Gasteiger partial charge on any atom is -0.331 e. The van der Waals surface area contributed by atoms with Crippen LogP contribution in [-0.2, 0) is 6.54 Å². The number of hydrogen-bond donors (Lipinski definition) is 1. The van der Waals surface area contributed by atoms with Crippen molar-refractivity contribution in [2.45, 2.75) is 26.4 Å². The SMILES string of the molecule is Cc1ccsc1CN(C)C(=O)N[C@@H](C)c1ccc(-n2ccnc2)cc1. The number of carbonyl (C=O) groups excluding carboxylic acids is 1. The van der Waals surface area contributed by atoms with Crippen LogP contribution in [0.1, 0.15) is 29.0 Å². The highest BCUT2D eigenvalue weighted by Crippen LogP contribution is 2.19. The zero-order chi connectivity index (χ0) is 17.8. The van der Waals surface area contributed by atoms with Gasteiger partial charge in [-0.05, 0) is 48.6 Å². The largest absolute Gasteiger partial charge is 0.331 e. The Balaban J connectivity index is 1.60. The van der Waals surface area contributed by atoms with Gasteiger partial charge in [0.05, 0.1) is 18.9 Å². The lowest BCUT2D eigenvalue weighted by Gasteiger charge is -2.21. The molecular weight excluding hydrogens is 332 g/mol. The van der Waals surface area contributed by atoms with Crippen molar-refractivity contribution in [1.29, 1.82) is 0 Å². The molecule has 130 valence electrons. The maximum absolute atomic E-state index is 12.4. The van der Waals surface area contributed by atoms with E-state index >= 15 is 0 Å². The summed E-state index contributed by atoms with van der Waals surface area (Å²) in [6.07, 6.45) is 5.42. The summed E-state index contributed by atoms with van der Waals surface area (Å²) >= 11 is 1.68. The van der Waals surface area contributed by atoms with Crippen LogP contribution in [0.3, 0.4) is 0 Å². The number of aryl methyl sites for hydroxylation is 1. The molecule has 0 aliphatic heterocycles. The first-order valence-electron chi connectivity index (χ1n) is 8.17. The van der Waals surface area contributed by atoms with Crippen LogP contribution in [-0.4, -0.2) is 27.5 Å². The van der Waals surface area contributed by atoms with Crippen molar-refractivity contribution in [2.24, 2.45) is 0 Å². The van der Waals surface area contributed by atoms with Gasteiger partial charge in [0.25, 0.3) is 0 Å². The monoisotopic (exact) mass is 354 g/mol. The van der Waals surface area contributed by atoms with Crippen molar-refractivity contribution in [2.75, 3.05) is 7.05 Å². The van der Waals surface area contributed by atoms with Gasteiger partial charge in [-0.2, -0.15) is 0 Å². The Kier molecular flexibility index (Phi) is 5.19. The van der Waals surface area contributed by atoms with Crippen LogP contribution in [0.2, 0.25) is 0 Å². The molecule has 0 saturated heterocycles. The first kappa shape index (κ1) is 17.2. The third-order valence-electron chi connectivity index (χ3n) is 4.23. The van der Waals surface area contributed by atoms with Gasteiger partial charge in [-0.3, -0.25) is 0 Å². The number of aromatic nitrogens is 2. The van der Waals surface area contributed by atoms with Crippen molar-refractivity contribution in [3.8, 4) is 5.69 Å². The highest BCUT2D eigenvalue weighted by molar-refractivity contribution is 7.10. The first-order valence-corrected chi connectivity index (χ1v) is 9.05. The van der Waals surface area contributed by atoms with Crippen molar-refractivity contribution < 1.29 is 4.79 Å². The Morgan fingerprint density at radius 2 is 2.08 bits per heavy atom. The lowest BCUT2D eigenvalue weighted by Crippen LogP contribution is -2.38. The molecule has 6 heteroatoms. The molecule has 0 radical (unpaired) electrons. The molecule has 3 aromatic rings. The molecule has 1 atom stereocenters. The Morgan fingerprint density at radius 3 is 2.68 bits per heavy atom. The lowest BCUT2D eigenvalue weighted by molar-refractivity contribution is 0.204. The summed E-state index contributed by atoms with van der Waals surface area (Å²) in [7, 11) is 1.82. The second-order valence-corrected chi connectivity index (χ2v) is 7.12. The molecule has 2 amide bonds. The zero-order valence-electron chi connectivity index (χ0n) is 14.6. The molecule has 5 nitrogen and oxygen atoms in total. The molecule has 0 aliphatic carbocycles. The number of carbonyl (C=O) groups is 1. The number of hydrogen-bond acceptors (Lipinski definition) is 3. The fourth-order valence-corrected chi connectivity index (χ4v) is 3.54. The van der Waals surface area contributed by atoms with E-state index in [4.69, 9.17) is 0 Å². The number of amides is 2. The number of imidazole rings is 1. The number of rotatable bonds is 5. The topological polar surface area (TPSA) is 50.2 Å². The van der Waals surface area contributed by atoms with Gasteiger partial charge >= 0.3 is 6.03 Å². The van der Waals surface area contributed by atoms with Gasteiger partial charge in [0.1, 0.15) is 0 Å². The second-order valence-electron chi connectivity index (χ2n) is 6.12. The van der Waals surface area contributed by atoms with Crippen LogP contribution in [0.15, 0.2) is 54.4 Å². The molecule has 1 N–H and O–H groups in total. The number of nitrogens with zero attached hydrogens (tertiary/aromatic N) is 3. The Hall–Kier alpha value is -2.60. The smallest absolute Gasteiger partial charge is 0.317 e. The average molecular weight is 354 g/mol. The quantitative estimate of drug-likeness (QED) is 0.748. The minimum atomic E-state index is -0.0704. The summed E-state index contributed by atoms with van der Waals surface area (Å²) in [6.45, 7) is 4.69. The van der Waals surface area contributed by atoms with Crippen molar-refractivity contribution in [3.05, 3.63) is 70.4 Å². The molecule has 0 aliphatic rings. The molecule has 1 aromatic carbocycles. The molecule has 0 saturated carbocycles. The first-order chi connectivity index (χ1) is 12.0. The summed E-state index contributed by atoms with van der Waals surface area (Å²) < 4.78 is 1.95. The third-order valence-corrected chi connectivity index (χ3v) is 5.24. The van der Waals surface area contributed by atoms with E-state index in [1.165, 1.54) is 10.4 Å². The van der Waals surface area contributed by atoms with Gasteiger partial charge in [0, 0.05) is 30.0 Å². The van der Waals surface area contributed by atoms with E-state index < -0.39 is 0 Å². The molecule has 0 fully saturated rings. The van der Waals surface area contributed by atoms with E-state index in [0.29, 0.717) is 6.54 Å². The summed E-state index contributed by atoms with van der Waals surface area (Å²) in [6, 6.07) is 10.1. The minimum absolute atomic E-state index is 0.0591. The van der Waals surface area contributed by atoms with E-state index in [0.717, 1.165) is 11.3 Å². The maximum atomic E-state index is 12.4. The van der Waals surface area contributed by atoms with E-state index in [2.05, 4.69) is 28.7 Å². The summed E-state index contributed by atoms with van der Waals surface area (Å²) in [5, 5.41) is 5.11. The Labute approximate surface area is 151 Å². The van der Waals surface area contributed by atoms with Gasteiger partial charge in [-0.15, -0.1) is 11.3 Å². The zero-order valence-corrected chi connectivity index (χ0v) is 15.5. The molecule has 0 unspecified atom stereocenters. The van der Waals surface area contributed by atoms with Gasteiger partial charge in [-0.1, -0.05) is 12.1 Å². The highest BCUT2D eigenvalue weighted by atomic mass is 32.1. The molecule has 3 rings (SSSR count). The van der Waals surface area contributed by atoms with Gasteiger partial charge < -0.3 is 14.8 Å². The third kappa shape index (κ3) is 4.09. The van der Waals surface area contributed by atoms with Crippen LogP contribution in [0.4, 0.5) is 4.79 Å². The lowest BCUT2D eigenvalue weighted by atomic mass is 10.1. The molecule has 2 heterocycles. The second kappa shape index (κ2) is 7.53. The number of benzene rings is 1. The average Bonchev–Trinajstić information content (AvgIpc) is 3.27. The van der Waals surface area contributed by atoms with Crippen LogP contribution in [0.25, 0.3) is 5.69 Å². The van der Waals surface area contributed by atoms with E-state index in [1.54, 1.807) is 28.8 Å². The molecular formula is C19H22N4OS. The van der Waals surface area contributed by atoms with Gasteiger partial charge in [-0.25, -0.2) is 9.78 Å². The summed E-state index contributed by atoms with van der Waals surface area (Å²) in [5.41, 5.74) is 3.34.